The van der Waals surface area contributed by atoms with Gasteiger partial charge in [-0.15, -0.1) is 0 Å². The maximum atomic E-state index is 12.1. The summed E-state index contributed by atoms with van der Waals surface area (Å²) in [6.45, 7) is 6.20. The van der Waals surface area contributed by atoms with Crippen LogP contribution in [-0.2, 0) is 4.79 Å². The van der Waals surface area contributed by atoms with Crippen LogP contribution in [0.15, 0.2) is 24.3 Å². The van der Waals surface area contributed by atoms with Gasteiger partial charge in [-0.1, -0.05) is 18.2 Å². The molecule has 1 amide bonds. The van der Waals surface area contributed by atoms with Crippen molar-refractivity contribution in [2.45, 2.75) is 13.0 Å². The number of carbonyl (C=O) groups is 1. The molecule has 0 radical (unpaired) electrons. The molecule has 110 valence electrons. The molecule has 0 aliphatic carbocycles. The van der Waals surface area contributed by atoms with Gasteiger partial charge in [0.25, 0.3) is 0 Å². The van der Waals surface area contributed by atoms with Crippen molar-refractivity contribution in [1.82, 2.24) is 15.5 Å². The van der Waals surface area contributed by atoms with E-state index in [4.69, 9.17) is 4.74 Å². The van der Waals surface area contributed by atoms with Gasteiger partial charge in [0.2, 0.25) is 5.91 Å². The predicted molar refractivity (Wildman–Crippen MR) is 78.9 cm³/mol. The molecule has 5 nitrogen and oxygen atoms in total. The molecule has 1 aliphatic heterocycles. The standard InChI is InChI=1S/C15H23N3O2/c1-12(13-5-3-4-6-14(13)20-2)17-15(19)11-18-9-7-16-8-10-18/h3-6,12,16H,7-11H2,1-2H3,(H,17,19)/t12-/m0/s1. The summed E-state index contributed by atoms with van der Waals surface area (Å²) in [5, 5.41) is 6.32. The molecule has 1 aromatic rings. The molecule has 0 saturated carbocycles. The number of nitrogens with zero attached hydrogens (tertiary/aromatic N) is 1. The SMILES string of the molecule is COc1ccccc1[C@H](C)NC(=O)CN1CCNCC1. The molecule has 1 aromatic carbocycles. The fourth-order valence-corrected chi connectivity index (χ4v) is 2.46. The Morgan fingerprint density at radius 1 is 1.40 bits per heavy atom. The second-order valence-electron chi connectivity index (χ2n) is 5.06. The monoisotopic (exact) mass is 277 g/mol. The number of benzene rings is 1. The summed E-state index contributed by atoms with van der Waals surface area (Å²) in [6.07, 6.45) is 0. The first-order valence-electron chi connectivity index (χ1n) is 7.06. The van der Waals surface area contributed by atoms with Crippen molar-refractivity contribution in [1.29, 1.82) is 0 Å². The first kappa shape index (κ1) is 14.8. The summed E-state index contributed by atoms with van der Waals surface area (Å²) in [6, 6.07) is 7.72. The molecule has 0 unspecified atom stereocenters. The average molecular weight is 277 g/mol. The van der Waals surface area contributed by atoms with Crippen LogP contribution in [0.3, 0.4) is 0 Å². The molecule has 2 rings (SSSR count). The highest BCUT2D eigenvalue weighted by atomic mass is 16.5. The van der Waals surface area contributed by atoms with E-state index < -0.39 is 0 Å². The highest BCUT2D eigenvalue weighted by Crippen LogP contribution is 2.24. The van der Waals surface area contributed by atoms with Crippen molar-refractivity contribution in [3.8, 4) is 5.75 Å². The molecule has 1 atom stereocenters. The molecule has 0 aromatic heterocycles. The third kappa shape index (κ3) is 3.95. The number of nitrogens with one attached hydrogen (secondary N) is 2. The molecular weight excluding hydrogens is 254 g/mol. The highest BCUT2D eigenvalue weighted by molar-refractivity contribution is 5.78. The van der Waals surface area contributed by atoms with Crippen LogP contribution in [-0.4, -0.2) is 50.6 Å². The van der Waals surface area contributed by atoms with Crippen molar-refractivity contribution in [3.05, 3.63) is 29.8 Å². The lowest BCUT2D eigenvalue weighted by molar-refractivity contribution is -0.123. The van der Waals surface area contributed by atoms with Gasteiger partial charge >= 0.3 is 0 Å². The van der Waals surface area contributed by atoms with Crippen LogP contribution in [0, 0.1) is 0 Å². The molecule has 0 bridgehead atoms. The van der Waals surface area contributed by atoms with E-state index in [0.29, 0.717) is 6.54 Å². The van der Waals surface area contributed by atoms with Crippen LogP contribution < -0.4 is 15.4 Å². The summed E-state index contributed by atoms with van der Waals surface area (Å²) in [5.74, 6) is 0.868. The van der Waals surface area contributed by atoms with Gasteiger partial charge in [0.15, 0.2) is 0 Å². The molecule has 1 saturated heterocycles. The minimum Gasteiger partial charge on any atom is -0.496 e. The normalized spacial score (nSPS) is 17.5. The van der Waals surface area contributed by atoms with E-state index in [9.17, 15) is 4.79 Å². The number of rotatable bonds is 5. The Hall–Kier alpha value is -1.59. The summed E-state index contributed by atoms with van der Waals surface area (Å²) in [7, 11) is 1.65. The van der Waals surface area contributed by atoms with Gasteiger partial charge in [0.05, 0.1) is 19.7 Å². The molecule has 1 aliphatic rings. The zero-order chi connectivity index (χ0) is 14.4. The third-order valence-corrected chi connectivity index (χ3v) is 3.56. The Labute approximate surface area is 120 Å². The zero-order valence-electron chi connectivity index (χ0n) is 12.2. The maximum Gasteiger partial charge on any atom is 0.234 e. The summed E-state index contributed by atoms with van der Waals surface area (Å²) in [5.41, 5.74) is 1.00. The van der Waals surface area contributed by atoms with Crippen LogP contribution in [0.5, 0.6) is 5.75 Å². The van der Waals surface area contributed by atoms with Crippen LogP contribution in [0.4, 0.5) is 0 Å². The maximum absolute atomic E-state index is 12.1. The molecular formula is C15H23N3O2. The van der Waals surface area contributed by atoms with Crippen LogP contribution in [0.1, 0.15) is 18.5 Å². The van der Waals surface area contributed by atoms with E-state index in [0.717, 1.165) is 37.5 Å². The molecule has 20 heavy (non-hydrogen) atoms. The number of carbonyl (C=O) groups excluding carboxylic acids is 1. The second kappa shape index (κ2) is 7.26. The smallest absolute Gasteiger partial charge is 0.234 e. The molecule has 1 fully saturated rings. The van der Waals surface area contributed by atoms with E-state index in [1.165, 1.54) is 0 Å². The molecule has 2 N–H and O–H groups in total. The van der Waals surface area contributed by atoms with Crippen molar-refractivity contribution in [2.24, 2.45) is 0 Å². The summed E-state index contributed by atoms with van der Waals surface area (Å²) >= 11 is 0. The van der Waals surface area contributed by atoms with Crippen molar-refractivity contribution < 1.29 is 9.53 Å². The first-order chi connectivity index (χ1) is 9.70. The third-order valence-electron chi connectivity index (χ3n) is 3.56. The first-order valence-corrected chi connectivity index (χ1v) is 7.06. The highest BCUT2D eigenvalue weighted by Gasteiger charge is 2.17. The quantitative estimate of drug-likeness (QED) is 0.835. The Morgan fingerprint density at radius 2 is 2.10 bits per heavy atom. The fraction of sp³-hybridized carbons (Fsp3) is 0.533. The Kier molecular flexibility index (Phi) is 5.38. The van der Waals surface area contributed by atoms with Gasteiger partial charge < -0.3 is 15.4 Å². The second-order valence-corrected chi connectivity index (χ2v) is 5.06. The predicted octanol–water partition coefficient (Wildman–Crippen LogP) is 0.778. The van der Waals surface area contributed by atoms with Crippen LogP contribution in [0.2, 0.25) is 0 Å². The number of methoxy groups -OCH3 is 1. The van der Waals surface area contributed by atoms with Gasteiger partial charge in [-0.25, -0.2) is 0 Å². The molecule has 5 heteroatoms. The average Bonchev–Trinajstić information content (AvgIpc) is 2.48. The van der Waals surface area contributed by atoms with Crippen LogP contribution >= 0.6 is 0 Å². The van der Waals surface area contributed by atoms with Gasteiger partial charge in [-0.05, 0) is 13.0 Å². The van der Waals surface area contributed by atoms with Crippen molar-refractivity contribution in [3.63, 3.8) is 0 Å². The lowest BCUT2D eigenvalue weighted by Gasteiger charge is -2.27. The van der Waals surface area contributed by atoms with Gasteiger partial charge in [-0.2, -0.15) is 0 Å². The largest absolute Gasteiger partial charge is 0.496 e. The minimum atomic E-state index is -0.0541. The number of piperazine rings is 1. The van der Waals surface area contributed by atoms with E-state index in [1.54, 1.807) is 7.11 Å². The minimum absolute atomic E-state index is 0.0541. The topological polar surface area (TPSA) is 53.6 Å². The van der Waals surface area contributed by atoms with Crippen molar-refractivity contribution in [2.75, 3.05) is 39.8 Å². The van der Waals surface area contributed by atoms with Crippen molar-refractivity contribution >= 4 is 5.91 Å². The lowest BCUT2D eigenvalue weighted by atomic mass is 10.1. The van der Waals surface area contributed by atoms with Gasteiger partial charge in [-0.3, -0.25) is 9.69 Å². The fourth-order valence-electron chi connectivity index (χ4n) is 2.46. The lowest BCUT2D eigenvalue weighted by Crippen LogP contribution is -2.47. The molecule has 0 spiro atoms. The van der Waals surface area contributed by atoms with Gasteiger partial charge in [0, 0.05) is 31.7 Å². The van der Waals surface area contributed by atoms with E-state index in [2.05, 4.69) is 15.5 Å². The number of hydrogen-bond acceptors (Lipinski definition) is 4. The number of ether oxygens (including phenoxy) is 1. The Balaban J connectivity index is 1.89. The zero-order valence-corrected chi connectivity index (χ0v) is 12.2. The summed E-state index contributed by atoms with van der Waals surface area (Å²) < 4.78 is 5.33. The number of amides is 1. The number of para-hydroxylation sites is 1. The molecule has 1 heterocycles. The summed E-state index contributed by atoms with van der Waals surface area (Å²) in [4.78, 5) is 14.2. The van der Waals surface area contributed by atoms with Gasteiger partial charge in [0.1, 0.15) is 5.75 Å². The van der Waals surface area contributed by atoms with E-state index in [1.807, 2.05) is 31.2 Å². The van der Waals surface area contributed by atoms with E-state index >= 15 is 0 Å². The van der Waals surface area contributed by atoms with Crippen LogP contribution in [0.25, 0.3) is 0 Å². The number of hydrogen-bond donors (Lipinski definition) is 2. The van der Waals surface area contributed by atoms with E-state index in [-0.39, 0.29) is 11.9 Å². The Morgan fingerprint density at radius 3 is 2.80 bits per heavy atom. The Bertz CT molecular complexity index is 444.